The Morgan fingerprint density at radius 1 is 1.09 bits per heavy atom. The topological polar surface area (TPSA) is 18.8 Å². The van der Waals surface area contributed by atoms with E-state index in [9.17, 15) is 0 Å². The number of benzene rings is 1. The van der Waals surface area contributed by atoms with Crippen molar-refractivity contribution in [1.82, 2.24) is 9.80 Å². The molecule has 0 aromatic heterocycles. The lowest BCUT2D eigenvalue weighted by molar-refractivity contribution is 0.182. The first kappa shape index (κ1) is 16.8. The zero-order chi connectivity index (χ0) is 15.8. The highest BCUT2D eigenvalue weighted by Crippen LogP contribution is 2.08. The molecule has 3 heteroatoms. The smallest absolute Gasteiger partial charge is 0.104 e. The van der Waals surface area contributed by atoms with Gasteiger partial charge in [-0.3, -0.25) is 4.90 Å². The number of piperazine rings is 1. The molecule has 1 aromatic rings. The lowest BCUT2D eigenvalue weighted by atomic mass is 10.1. The fourth-order valence-corrected chi connectivity index (χ4v) is 2.76. The first-order valence-corrected chi connectivity index (χ1v) is 8.40. The molecule has 0 N–H and O–H groups in total. The molecule has 1 aliphatic rings. The first-order chi connectivity index (χ1) is 10.7. The molecule has 0 saturated carbocycles. The van der Waals surface area contributed by atoms with Gasteiger partial charge in [-0.05, 0) is 25.8 Å². The summed E-state index contributed by atoms with van der Waals surface area (Å²) in [7, 11) is 0. The van der Waals surface area contributed by atoms with Crippen molar-refractivity contribution in [3.05, 3.63) is 47.7 Å². The number of allylic oxidation sites excluding steroid dienone is 1. The lowest BCUT2D eigenvalue weighted by Gasteiger charge is -2.36. The molecule has 1 aromatic carbocycles. The fourth-order valence-electron chi connectivity index (χ4n) is 2.76. The second kappa shape index (κ2) is 8.74. The van der Waals surface area contributed by atoms with Crippen LogP contribution in [0.15, 0.2) is 47.1 Å². The number of hydrogen-bond acceptors (Lipinski definition) is 2. The van der Waals surface area contributed by atoms with Gasteiger partial charge in [0, 0.05) is 45.3 Å². The van der Waals surface area contributed by atoms with Gasteiger partial charge in [-0.25, -0.2) is 4.99 Å². The summed E-state index contributed by atoms with van der Waals surface area (Å²) in [6.45, 7) is 12.0. The van der Waals surface area contributed by atoms with E-state index in [4.69, 9.17) is 0 Å². The van der Waals surface area contributed by atoms with Crippen LogP contribution in [0, 0.1) is 0 Å². The van der Waals surface area contributed by atoms with Gasteiger partial charge in [0.15, 0.2) is 0 Å². The monoisotopic (exact) mass is 299 g/mol. The first-order valence-electron chi connectivity index (χ1n) is 8.40. The Labute approximate surface area is 135 Å². The highest BCUT2D eigenvalue weighted by atomic mass is 15.3. The summed E-state index contributed by atoms with van der Waals surface area (Å²) in [4.78, 5) is 9.66. The van der Waals surface area contributed by atoms with E-state index in [1.165, 1.54) is 17.0 Å². The van der Waals surface area contributed by atoms with Crippen LogP contribution in [0.1, 0.15) is 32.8 Å². The third-order valence-electron chi connectivity index (χ3n) is 4.08. The summed E-state index contributed by atoms with van der Waals surface area (Å²) in [6, 6.07) is 10.8. The maximum Gasteiger partial charge on any atom is 0.104 e. The maximum atomic E-state index is 4.65. The summed E-state index contributed by atoms with van der Waals surface area (Å²) >= 11 is 0. The van der Waals surface area contributed by atoms with Crippen molar-refractivity contribution in [3.63, 3.8) is 0 Å². The Morgan fingerprint density at radius 2 is 1.77 bits per heavy atom. The van der Waals surface area contributed by atoms with Crippen LogP contribution < -0.4 is 0 Å². The van der Waals surface area contributed by atoms with E-state index in [-0.39, 0.29) is 0 Å². The zero-order valence-electron chi connectivity index (χ0n) is 14.3. The summed E-state index contributed by atoms with van der Waals surface area (Å²) in [5.41, 5.74) is 2.69. The van der Waals surface area contributed by atoms with E-state index < -0.39 is 0 Å². The molecule has 0 radical (unpaired) electrons. The molecule has 0 atom stereocenters. The molecule has 0 unspecified atom stereocenters. The van der Waals surface area contributed by atoms with Gasteiger partial charge in [-0.15, -0.1) is 0 Å². The molecule has 0 bridgehead atoms. The average molecular weight is 299 g/mol. The summed E-state index contributed by atoms with van der Waals surface area (Å²) in [5, 5.41) is 0. The number of amidine groups is 1. The molecule has 3 nitrogen and oxygen atoms in total. The molecule has 1 fully saturated rings. The van der Waals surface area contributed by atoms with Crippen LogP contribution in [0.2, 0.25) is 0 Å². The second-order valence-corrected chi connectivity index (χ2v) is 6.17. The maximum absolute atomic E-state index is 4.65. The molecule has 1 heterocycles. The Kier molecular flexibility index (Phi) is 6.66. The normalized spacial score (nSPS) is 16.7. The van der Waals surface area contributed by atoms with Crippen LogP contribution in [-0.4, -0.2) is 48.4 Å². The molecular weight excluding hydrogens is 270 g/mol. The summed E-state index contributed by atoms with van der Waals surface area (Å²) < 4.78 is 0. The van der Waals surface area contributed by atoms with Crippen molar-refractivity contribution >= 4 is 5.84 Å². The Morgan fingerprint density at radius 3 is 2.36 bits per heavy atom. The molecule has 1 saturated heterocycles. The van der Waals surface area contributed by atoms with Crippen LogP contribution in [0.5, 0.6) is 0 Å². The predicted molar refractivity (Wildman–Crippen MR) is 95.3 cm³/mol. The summed E-state index contributed by atoms with van der Waals surface area (Å²) in [6.07, 6.45) is 4.14. The predicted octanol–water partition coefficient (Wildman–Crippen LogP) is 3.58. The molecule has 22 heavy (non-hydrogen) atoms. The van der Waals surface area contributed by atoms with Gasteiger partial charge in [0.1, 0.15) is 5.84 Å². The zero-order valence-corrected chi connectivity index (χ0v) is 14.3. The van der Waals surface area contributed by atoms with Gasteiger partial charge in [0.25, 0.3) is 0 Å². The Balaban J connectivity index is 1.80. The van der Waals surface area contributed by atoms with Crippen LogP contribution >= 0.6 is 0 Å². The average Bonchev–Trinajstić information content (AvgIpc) is 2.55. The largest absolute Gasteiger partial charge is 0.358 e. The van der Waals surface area contributed by atoms with Crippen molar-refractivity contribution in [3.8, 4) is 0 Å². The lowest BCUT2D eigenvalue weighted by Crippen LogP contribution is -2.49. The van der Waals surface area contributed by atoms with Gasteiger partial charge < -0.3 is 4.90 Å². The third-order valence-corrected chi connectivity index (χ3v) is 4.08. The highest BCUT2D eigenvalue weighted by molar-refractivity contribution is 5.82. The van der Waals surface area contributed by atoms with Gasteiger partial charge >= 0.3 is 0 Å². The van der Waals surface area contributed by atoms with E-state index in [1.807, 2.05) is 6.20 Å². The third kappa shape index (κ3) is 5.30. The molecular formula is C19H29N3. The Hall–Kier alpha value is -1.61. The summed E-state index contributed by atoms with van der Waals surface area (Å²) in [5.74, 6) is 1.23. The van der Waals surface area contributed by atoms with E-state index in [2.05, 4.69) is 65.9 Å². The molecule has 120 valence electrons. The van der Waals surface area contributed by atoms with Crippen molar-refractivity contribution in [2.45, 2.75) is 33.6 Å². The minimum atomic E-state index is 1.01. The van der Waals surface area contributed by atoms with Crippen molar-refractivity contribution in [2.24, 2.45) is 4.99 Å². The van der Waals surface area contributed by atoms with E-state index >= 15 is 0 Å². The van der Waals surface area contributed by atoms with Crippen molar-refractivity contribution in [1.29, 1.82) is 0 Å². The van der Waals surface area contributed by atoms with Crippen LogP contribution in [0.25, 0.3) is 0 Å². The van der Waals surface area contributed by atoms with Gasteiger partial charge in [0.2, 0.25) is 0 Å². The highest BCUT2D eigenvalue weighted by Gasteiger charge is 2.18. The van der Waals surface area contributed by atoms with E-state index in [0.29, 0.717) is 0 Å². The van der Waals surface area contributed by atoms with Crippen LogP contribution in [0.3, 0.4) is 0 Å². The van der Waals surface area contributed by atoms with Crippen LogP contribution in [0.4, 0.5) is 0 Å². The second-order valence-electron chi connectivity index (χ2n) is 6.17. The van der Waals surface area contributed by atoms with Crippen molar-refractivity contribution in [2.75, 3.05) is 32.7 Å². The fraction of sp³-hybridized carbons (Fsp3) is 0.526. The molecule has 1 aliphatic heterocycles. The van der Waals surface area contributed by atoms with Gasteiger partial charge in [-0.2, -0.15) is 0 Å². The standard InChI is InChI=1S/C19H29N3/c1-4-19(20-16-17(2)3)22-14-12-21(13-15-22)11-10-18-8-6-5-7-9-18/h5-9,16H,4,10-15H2,1-3H3. The number of nitrogens with zero attached hydrogens (tertiary/aromatic N) is 3. The van der Waals surface area contributed by atoms with Crippen molar-refractivity contribution < 1.29 is 0 Å². The SMILES string of the molecule is CCC(=NC=C(C)C)N1CCN(CCc2ccccc2)CC1. The Bertz CT molecular complexity index is 493. The number of hydrogen-bond donors (Lipinski definition) is 0. The minimum Gasteiger partial charge on any atom is -0.358 e. The number of rotatable bonds is 5. The molecule has 0 amide bonds. The van der Waals surface area contributed by atoms with Gasteiger partial charge in [0.05, 0.1) is 0 Å². The molecule has 0 spiro atoms. The van der Waals surface area contributed by atoms with Crippen LogP contribution in [-0.2, 0) is 6.42 Å². The van der Waals surface area contributed by atoms with Gasteiger partial charge in [-0.1, -0.05) is 42.8 Å². The molecule has 2 rings (SSSR count). The number of aliphatic imine (C=N–C) groups is 1. The molecule has 0 aliphatic carbocycles. The van der Waals surface area contributed by atoms with E-state index in [1.54, 1.807) is 0 Å². The quantitative estimate of drug-likeness (QED) is 0.611. The van der Waals surface area contributed by atoms with E-state index in [0.717, 1.165) is 45.6 Å². The minimum absolute atomic E-state index is 1.01.